The molecule has 7 nitrogen and oxygen atoms in total. The average Bonchev–Trinajstić information content (AvgIpc) is 3.40. The average molecular weight is 407 g/mol. The molecular formula is C21H30FN3O4. The molecule has 160 valence electrons. The lowest BCUT2D eigenvalue weighted by Gasteiger charge is -2.21. The Kier molecular flexibility index (Phi) is 7.66. The van der Waals surface area contributed by atoms with Crippen LogP contribution in [-0.2, 0) is 9.53 Å². The summed E-state index contributed by atoms with van der Waals surface area (Å²) in [5, 5.41) is 2.78. The van der Waals surface area contributed by atoms with E-state index in [2.05, 4.69) is 19.9 Å². The lowest BCUT2D eigenvalue weighted by Crippen LogP contribution is -2.29. The van der Waals surface area contributed by atoms with Gasteiger partial charge in [-0.2, -0.15) is 0 Å². The van der Waals surface area contributed by atoms with Gasteiger partial charge in [0.15, 0.2) is 0 Å². The number of alkyl halides is 1. The normalized spacial score (nSPS) is 17.1. The van der Waals surface area contributed by atoms with Gasteiger partial charge in [-0.25, -0.2) is 9.37 Å². The number of carbonyl (C=O) groups excluding carboxylic acids is 2. The number of amides is 1. The number of halogens is 1. The molecule has 8 heteroatoms. The number of hydrogen-bond acceptors (Lipinski definition) is 6. The standard InChI is InChI=1S/C21H30FN3O4/c1-2-16(21(27)29-14-22)9-10-23-19(26)17-7-8-18(25-11-3-4-12-25)20(24-17)28-13-15-5-6-15/h7-8,15-16H,2-6,9-14H2,1H3,(H,23,26). The number of pyridine rings is 1. The van der Waals surface area contributed by atoms with Crippen LogP contribution in [0, 0.1) is 11.8 Å². The van der Waals surface area contributed by atoms with E-state index in [0.29, 0.717) is 31.2 Å². The molecule has 1 aromatic rings. The Morgan fingerprint density at radius 3 is 2.72 bits per heavy atom. The Morgan fingerprint density at radius 2 is 2.07 bits per heavy atom. The lowest BCUT2D eigenvalue weighted by molar-refractivity contribution is -0.153. The largest absolute Gasteiger partial charge is 0.476 e. The number of aromatic nitrogens is 1. The van der Waals surface area contributed by atoms with E-state index >= 15 is 0 Å². The first kappa shape index (κ1) is 21.3. The SMILES string of the molecule is CCC(CCNC(=O)c1ccc(N2CCCC2)c(OCC2CC2)n1)C(=O)OCF. The molecule has 1 amide bonds. The van der Waals surface area contributed by atoms with Crippen molar-refractivity contribution >= 4 is 17.6 Å². The number of esters is 1. The van der Waals surface area contributed by atoms with E-state index in [0.717, 1.165) is 31.6 Å². The molecule has 2 fully saturated rings. The Morgan fingerprint density at radius 1 is 1.31 bits per heavy atom. The van der Waals surface area contributed by atoms with Crippen molar-refractivity contribution in [3.8, 4) is 5.88 Å². The smallest absolute Gasteiger partial charge is 0.311 e. The maximum absolute atomic E-state index is 12.5. The molecule has 0 bridgehead atoms. The van der Waals surface area contributed by atoms with Gasteiger partial charge in [0.05, 0.1) is 18.2 Å². The summed E-state index contributed by atoms with van der Waals surface area (Å²) >= 11 is 0. The van der Waals surface area contributed by atoms with Gasteiger partial charge >= 0.3 is 5.97 Å². The molecule has 3 rings (SSSR count). The van der Waals surface area contributed by atoms with Crippen molar-refractivity contribution < 1.29 is 23.5 Å². The van der Waals surface area contributed by atoms with Gasteiger partial charge in [0.25, 0.3) is 5.91 Å². The Bertz CT molecular complexity index is 705. The molecule has 0 radical (unpaired) electrons. The van der Waals surface area contributed by atoms with Crippen molar-refractivity contribution in [2.24, 2.45) is 11.8 Å². The van der Waals surface area contributed by atoms with Crippen molar-refractivity contribution in [1.29, 1.82) is 0 Å². The predicted molar refractivity (Wildman–Crippen MR) is 107 cm³/mol. The molecule has 1 aromatic heterocycles. The minimum Gasteiger partial charge on any atom is -0.476 e. The van der Waals surface area contributed by atoms with Crippen molar-refractivity contribution in [3.63, 3.8) is 0 Å². The molecule has 0 spiro atoms. The third-order valence-corrected chi connectivity index (χ3v) is 5.47. The van der Waals surface area contributed by atoms with E-state index in [1.54, 1.807) is 6.07 Å². The van der Waals surface area contributed by atoms with Crippen molar-refractivity contribution in [1.82, 2.24) is 10.3 Å². The highest BCUT2D eigenvalue weighted by Crippen LogP contribution is 2.33. The van der Waals surface area contributed by atoms with E-state index < -0.39 is 18.7 Å². The van der Waals surface area contributed by atoms with Crippen LogP contribution in [0.2, 0.25) is 0 Å². The Hall–Kier alpha value is -2.38. The third-order valence-electron chi connectivity index (χ3n) is 5.47. The summed E-state index contributed by atoms with van der Waals surface area (Å²) < 4.78 is 22.5. The van der Waals surface area contributed by atoms with Crippen LogP contribution in [0.1, 0.15) is 55.9 Å². The number of carbonyl (C=O) groups is 2. The van der Waals surface area contributed by atoms with Crippen LogP contribution in [0.15, 0.2) is 12.1 Å². The molecule has 0 aromatic carbocycles. The summed E-state index contributed by atoms with van der Waals surface area (Å²) in [7, 11) is 0. The monoisotopic (exact) mass is 407 g/mol. The van der Waals surface area contributed by atoms with Crippen molar-refractivity contribution in [3.05, 3.63) is 17.8 Å². The highest BCUT2D eigenvalue weighted by Gasteiger charge is 2.25. The zero-order chi connectivity index (χ0) is 20.6. The Labute approximate surface area is 171 Å². The lowest BCUT2D eigenvalue weighted by atomic mass is 10.0. The van der Waals surface area contributed by atoms with Gasteiger partial charge in [0.1, 0.15) is 5.69 Å². The van der Waals surface area contributed by atoms with Crippen LogP contribution in [0.5, 0.6) is 5.88 Å². The topological polar surface area (TPSA) is 80.8 Å². The van der Waals surface area contributed by atoms with Crippen molar-refractivity contribution in [2.45, 2.75) is 45.4 Å². The second-order valence-electron chi connectivity index (χ2n) is 7.69. The highest BCUT2D eigenvalue weighted by molar-refractivity contribution is 5.92. The number of hydrogen-bond donors (Lipinski definition) is 1. The van der Waals surface area contributed by atoms with Crippen LogP contribution in [0.4, 0.5) is 10.1 Å². The van der Waals surface area contributed by atoms with Gasteiger partial charge in [-0.3, -0.25) is 9.59 Å². The summed E-state index contributed by atoms with van der Waals surface area (Å²) in [5.41, 5.74) is 1.23. The number of nitrogens with zero attached hydrogens (tertiary/aromatic N) is 2. The molecule has 2 heterocycles. The molecule has 1 aliphatic carbocycles. The molecule has 2 aliphatic rings. The molecule has 1 aliphatic heterocycles. The fourth-order valence-electron chi connectivity index (χ4n) is 3.46. The van der Waals surface area contributed by atoms with E-state index in [-0.39, 0.29) is 18.1 Å². The van der Waals surface area contributed by atoms with E-state index in [1.165, 1.54) is 12.8 Å². The quantitative estimate of drug-likeness (QED) is 0.568. The fraction of sp³-hybridized carbons (Fsp3) is 0.667. The van der Waals surface area contributed by atoms with E-state index in [9.17, 15) is 14.0 Å². The molecular weight excluding hydrogens is 377 g/mol. The number of nitrogens with one attached hydrogen (secondary N) is 1. The predicted octanol–water partition coefficient (Wildman–Crippen LogP) is 3.09. The second kappa shape index (κ2) is 10.4. The minimum atomic E-state index is -1.13. The zero-order valence-corrected chi connectivity index (χ0v) is 17.0. The fourth-order valence-corrected chi connectivity index (χ4v) is 3.46. The minimum absolute atomic E-state index is 0.284. The van der Waals surface area contributed by atoms with Gasteiger partial charge in [-0.1, -0.05) is 6.92 Å². The Balaban J connectivity index is 1.60. The number of ether oxygens (including phenoxy) is 2. The van der Waals surface area contributed by atoms with E-state index in [4.69, 9.17) is 4.74 Å². The van der Waals surface area contributed by atoms with Crippen LogP contribution in [0.25, 0.3) is 0 Å². The van der Waals surface area contributed by atoms with Crippen molar-refractivity contribution in [2.75, 3.05) is 38.0 Å². The molecule has 1 saturated heterocycles. The maximum Gasteiger partial charge on any atom is 0.311 e. The second-order valence-corrected chi connectivity index (χ2v) is 7.69. The van der Waals surface area contributed by atoms with Crippen LogP contribution in [-0.4, -0.2) is 50.0 Å². The first-order chi connectivity index (χ1) is 14.1. The zero-order valence-electron chi connectivity index (χ0n) is 17.0. The summed E-state index contributed by atoms with van der Waals surface area (Å²) in [4.78, 5) is 30.9. The first-order valence-corrected chi connectivity index (χ1v) is 10.5. The van der Waals surface area contributed by atoms with Crippen LogP contribution in [0.3, 0.4) is 0 Å². The summed E-state index contributed by atoms with van der Waals surface area (Å²) in [6.07, 6.45) is 5.57. The van der Waals surface area contributed by atoms with Crippen LogP contribution < -0.4 is 15.0 Å². The molecule has 29 heavy (non-hydrogen) atoms. The molecule has 1 unspecified atom stereocenters. The number of rotatable bonds is 11. The van der Waals surface area contributed by atoms with Gasteiger partial charge in [-0.15, -0.1) is 0 Å². The molecule has 1 atom stereocenters. The summed E-state index contributed by atoms with van der Waals surface area (Å²) in [6, 6.07) is 3.62. The van der Waals surface area contributed by atoms with Gasteiger partial charge in [0, 0.05) is 19.6 Å². The number of anilines is 1. The molecule has 1 N–H and O–H groups in total. The highest BCUT2D eigenvalue weighted by atomic mass is 19.1. The van der Waals surface area contributed by atoms with E-state index in [1.807, 2.05) is 13.0 Å². The molecule has 1 saturated carbocycles. The first-order valence-electron chi connectivity index (χ1n) is 10.5. The van der Waals surface area contributed by atoms with Gasteiger partial charge < -0.3 is 19.7 Å². The summed E-state index contributed by atoms with van der Waals surface area (Å²) in [5.74, 6) is -0.217. The maximum atomic E-state index is 12.5. The van der Waals surface area contributed by atoms with Gasteiger partial charge in [0.2, 0.25) is 12.7 Å². The summed E-state index contributed by atoms with van der Waals surface area (Å²) in [6.45, 7) is 3.56. The van der Waals surface area contributed by atoms with Gasteiger partial charge in [-0.05, 0) is 56.6 Å². The third kappa shape index (κ3) is 6.05. The van der Waals surface area contributed by atoms with Crippen LogP contribution >= 0.6 is 0 Å².